The van der Waals surface area contributed by atoms with Crippen molar-refractivity contribution in [1.29, 1.82) is 0 Å². The van der Waals surface area contributed by atoms with Crippen LogP contribution in [0.5, 0.6) is 0 Å². The lowest BCUT2D eigenvalue weighted by Crippen LogP contribution is -2.52. The Morgan fingerprint density at radius 2 is 1.69 bits per heavy atom. The van der Waals surface area contributed by atoms with Gasteiger partial charge in [-0.15, -0.1) is 0 Å². The molecule has 8 nitrogen and oxygen atoms in total. The third-order valence-electron chi connectivity index (χ3n) is 4.90. The molecule has 0 saturated carbocycles. The fraction of sp³-hybridized carbons (Fsp3) is 0.316. The predicted octanol–water partition coefficient (Wildman–Crippen LogP) is 0.379. The molecule has 0 fully saturated rings. The normalized spacial score (nSPS) is 17.5. The largest absolute Gasteiger partial charge is 0.354 e. The van der Waals surface area contributed by atoms with Crippen molar-refractivity contribution in [3.8, 4) is 0 Å². The number of amides is 1. The van der Waals surface area contributed by atoms with E-state index in [0.29, 0.717) is 19.4 Å². The second-order valence-electron chi connectivity index (χ2n) is 7.03. The number of carbonyl (C=O) groups is 1. The van der Waals surface area contributed by atoms with E-state index in [1.165, 1.54) is 16.4 Å². The average molecular weight is 438 g/mol. The second kappa shape index (κ2) is 8.23. The van der Waals surface area contributed by atoms with E-state index >= 15 is 0 Å². The van der Waals surface area contributed by atoms with Crippen LogP contribution in [0.1, 0.15) is 16.7 Å². The van der Waals surface area contributed by atoms with Crippen LogP contribution in [0.2, 0.25) is 0 Å². The molecule has 0 radical (unpaired) electrons. The fourth-order valence-electron chi connectivity index (χ4n) is 3.36. The zero-order chi connectivity index (χ0) is 21.2. The molecule has 1 atom stereocenters. The van der Waals surface area contributed by atoms with E-state index < -0.39 is 26.1 Å². The number of nitrogens with one attached hydrogen (secondary N) is 1. The lowest BCUT2D eigenvalue weighted by atomic mass is 9.95. The minimum absolute atomic E-state index is 0.0231. The highest BCUT2D eigenvalue weighted by Crippen LogP contribution is 2.25. The number of carbonyl (C=O) groups excluding carboxylic acids is 1. The summed E-state index contributed by atoms with van der Waals surface area (Å²) in [6.45, 7) is 0.464. The van der Waals surface area contributed by atoms with Gasteiger partial charge >= 0.3 is 0 Å². The van der Waals surface area contributed by atoms with Crippen LogP contribution >= 0.6 is 0 Å². The molecular weight excluding hydrogens is 414 g/mol. The van der Waals surface area contributed by atoms with E-state index in [1.807, 2.05) is 24.3 Å². The number of fused-ring (bicyclic) bond motifs is 1. The number of hydrogen-bond acceptors (Lipinski definition) is 5. The molecule has 0 bridgehead atoms. The first-order valence-corrected chi connectivity index (χ1v) is 12.4. The van der Waals surface area contributed by atoms with Crippen LogP contribution < -0.4 is 10.5 Å². The third kappa shape index (κ3) is 5.21. The van der Waals surface area contributed by atoms with Crippen molar-refractivity contribution in [2.75, 3.05) is 12.8 Å². The summed E-state index contributed by atoms with van der Waals surface area (Å²) in [7, 11) is -7.30. The Kier molecular flexibility index (Phi) is 6.08. The van der Waals surface area contributed by atoms with Crippen LogP contribution in [0.15, 0.2) is 53.4 Å². The Bertz CT molecular complexity index is 1110. The molecule has 156 valence electrons. The molecule has 0 unspecified atom stereocenters. The lowest BCUT2D eigenvalue weighted by Gasteiger charge is -2.34. The first kappa shape index (κ1) is 21.4. The maximum Gasteiger partial charge on any atom is 0.238 e. The highest BCUT2D eigenvalue weighted by Gasteiger charge is 2.36. The van der Waals surface area contributed by atoms with Gasteiger partial charge in [0.05, 0.1) is 11.2 Å². The van der Waals surface area contributed by atoms with Crippen molar-refractivity contribution >= 4 is 26.0 Å². The van der Waals surface area contributed by atoms with Crippen LogP contribution in [0, 0.1) is 0 Å². The third-order valence-corrected chi connectivity index (χ3v) is 7.06. The molecule has 1 aliphatic heterocycles. The van der Waals surface area contributed by atoms with Gasteiger partial charge in [0.15, 0.2) is 0 Å². The van der Waals surface area contributed by atoms with Gasteiger partial charge in [-0.3, -0.25) is 4.79 Å². The minimum atomic E-state index is -3.74. The molecule has 0 spiro atoms. The van der Waals surface area contributed by atoms with Crippen LogP contribution in [0.4, 0.5) is 0 Å². The number of primary sulfonamides is 1. The van der Waals surface area contributed by atoms with E-state index in [1.54, 1.807) is 12.1 Å². The highest BCUT2D eigenvalue weighted by molar-refractivity contribution is 7.89. The van der Waals surface area contributed by atoms with Gasteiger partial charge in [0, 0.05) is 13.1 Å². The van der Waals surface area contributed by atoms with E-state index in [0.717, 1.165) is 22.9 Å². The number of nitrogens with two attached hydrogens (primary N) is 1. The van der Waals surface area contributed by atoms with Crippen LogP contribution in [-0.2, 0) is 44.2 Å². The molecule has 3 N–H and O–H groups in total. The molecule has 2 aromatic rings. The molecule has 3 rings (SSSR count). The topological polar surface area (TPSA) is 127 Å². The predicted molar refractivity (Wildman–Crippen MR) is 109 cm³/mol. The smallest absolute Gasteiger partial charge is 0.238 e. The monoisotopic (exact) mass is 437 g/mol. The SMILES string of the molecule is CS(=O)(=O)N1Cc2ccccc2C[C@@H]1C(=O)NCCc1ccc(S(N)(=O)=O)cc1. The number of rotatable bonds is 6. The summed E-state index contributed by atoms with van der Waals surface area (Å²) < 4.78 is 48.2. The van der Waals surface area contributed by atoms with Gasteiger partial charge in [-0.05, 0) is 41.7 Å². The average Bonchev–Trinajstić information content (AvgIpc) is 2.66. The highest BCUT2D eigenvalue weighted by atomic mass is 32.2. The van der Waals surface area contributed by atoms with Crippen LogP contribution in [0.25, 0.3) is 0 Å². The molecular formula is C19H23N3O5S2. The maximum absolute atomic E-state index is 12.7. The Balaban J connectivity index is 1.66. The van der Waals surface area contributed by atoms with Gasteiger partial charge in [0.25, 0.3) is 0 Å². The van der Waals surface area contributed by atoms with Gasteiger partial charge in [-0.1, -0.05) is 36.4 Å². The Labute approximate surface area is 170 Å². The second-order valence-corrected chi connectivity index (χ2v) is 10.5. The van der Waals surface area contributed by atoms with Crippen molar-refractivity contribution in [2.45, 2.75) is 30.3 Å². The molecule has 10 heteroatoms. The summed E-state index contributed by atoms with van der Waals surface area (Å²) in [5.41, 5.74) is 2.69. The number of nitrogens with zero attached hydrogens (tertiary/aromatic N) is 1. The van der Waals surface area contributed by atoms with E-state index in [4.69, 9.17) is 5.14 Å². The van der Waals surface area contributed by atoms with Gasteiger partial charge < -0.3 is 5.32 Å². The van der Waals surface area contributed by atoms with E-state index in [-0.39, 0.29) is 17.3 Å². The Hall–Kier alpha value is -2.27. The van der Waals surface area contributed by atoms with Gasteiger partial charge in [0.1, 0.15) is 6.04 Å². The van der Waals surface area contributed by atoms with Gasteiger partial charge in [0.2, 0.25) is 26.0 Å². The van der Waals surface area contributed by atoms with Crippen molar-refractivity contribution in [1.82, 2.24) is 9.62 Å². The van der Waals surface area contributed by atoms with Crippen molar-refractivity contribution in [3.63, 3.8) is 0 Å². The summed E-state index contributed by atoms with van der Waals surface area (Å²) in [5.74, 6) is -0.355. The van der Waals surface area contributed by atoms with E-state index in [9.17, 15) is 21.6 Å². The van der Waals surface area contributed by atoms with Gasteiger partial charge in [-0.25, -0.2) is 22.0 Å². The molecule has 1 aliphatic rings. The van der Waals surface area contributed by atoms with Gasteiger partial charge in [-0.2, -0.15) is 4.31 Å². The quantitative estimate of drug-likeness (QED) is 0.675. The Morgan fingerprint density at radius 3 is 2.28 bits per heavy atom. The summed E-state index contributed by atoms with van der Waals surface area (Å²) in [5, 5.41) is 7.86. The Morgan fingerprint density at radius 1 is 1.07 bits per heavy atom. The fourth-order valence-corrected chi connectivity index (χ4v) is 4.89. The van der Waals surface area contributed by atoms with Crippen LogP contribution in [0.3, 0.4) is 0 Å². The molecule has 1 heterocycles. The molecule has 0 aromatic heterocycles. The molecule has 2 aromatic carbocycles. The zero-order valence-electron chi connectivity index (χ0n) is 15.9. The van der Waals surface area contributed by atoms with Crippen molar-refractivity contribution in [2.24, 2.45) is 5.14 Å². The zero-order valence-corrected chi connectivity index (χ0v) is 17.5. The first-order valence-electron chi connectivity index (χ1n) is 8.99. The number of hydrogen-bond donors (Lipinski definition) is 2. The molecule has 0 aliphatic carbocycles. The first-order chi connectivity index (χ1) is 13.6. The lowest BCUT2D eigenvalue weighted by molar-refractivity contribution is -0.125. The maximum atomic E-state index is 12.7. The number of benzene rings is 2. The standard InChI is InChI=1S/C19H23N3O5S2/c1-28(24,25)22-13-16-5-3-2-4-15(16)12-18(22)19(23)21-11-10-14-6-8-17(9-7-14)29(20,26)27/h2-9,18H,10-13H2,1H3,(H,21,23)(H2,20,26,27)/t18-/m1/s1. The summed E-state index contributed by atoms with van der Waals surface area (Å²) >= 11 is 0. The van der Waals surface area contributed by atoms with Crippen LogP contribution in [-0.4, -0.2) is 45.9 Å². The van der Waals surface area contributed by atoms with Crippen molar-refractivity contribution in [3.05, 3.63) is 65.2 Å². The van der Waals surface area contributed by atoms with E-state index in [2.05, 4.69) is 5.32 Å². The van der Waals surface area contributed by atoms with Crippen molar-refractivity contribution < 1.29 is 21.6 Å². The molecule has 29 heavy (non-hydrogen) atoms. The summed E-state index contributed by atoms with van der Waals surface area (Å²) in [6.07, 6.45) is 1.89. The minimum Gasteiger partial charge on any atom is -0.354 e. The number of sulfonamides is 2. The molecule has 0 saturated heterocycles. The molecule has 1 amide bonds. The summed E-state index contributed by atoms with van der Waals surface area (Å²) in [4.78, 5) is 12.8. The summed E-state index contributed by atoms with van der Waals surface area (Å²) in [6, 6.07) is 12.8.